The standard InChI is InChI=1S/C8H10BrNOS/c1-5(10-2)7(11)8-6(9)3-4-12-8/h3-5,10H,1-2H3. The summed E-state index contributed by atoms with van der Waals surface area (Å²) < 4.78 is 0.889. The Morgan fingerprint density at radius 3 is 2.83 bits per heavy atom. The lowest BCUT2D eigenvalue weighted by Crippen LogP contribution is -2.30. The van der Waals surface area contributed by atoms with Crippen molar-refractivity contribution in [3.8, 4) is 0 Å². The highest BCUT2D eigenvalue weighted by molar-refractivity contribution is 9.10. The molecule has 0 saturated heterocycles. The molecule has 1 heterocycles. The summed E-state index contributed by atoms with van der Waals surface area (Å²) in [5.41, 5.74) is 0. The van der Waals surface area contributed by atoms with Gasteiger partial charge in [0.05, 0.1) is 10.9 Å². The van der Waals surface area contributed by atoms with Gasteiger partial charge in [0.1, 0.15) is 0 Å². The Morgan fingerprint density at radius 2 is 2.42 bits per heavy atom. The Labute approximate surface area is 84.1 Å². The number of Topliss-reactive ketones (excluding diaryl/α,β-unsaturated/α-hetero) is 1. The van der Waals surface area contributed by atoms with Gasteiger partial charge in [-0.15, -0.1) is 11.3 Å². The number of nitrogens with one attached hydrogen (secondary N) is 1. The van der Waals surface area contributed by atoms with E-state index in [1.54, 1.807) is 7.05 Å². The van der Waals surface area contributed by atoms with Crippen molar-refractivity contribution in [2.45, 2.75) is 13.0 Å². The molecular formula is C8H10BrNOS. The number of thiophene rings is 1. The van der Waals surface area contributed by atoms with Crippen LogP contribution in [-0.4, -0.2) is 18.9 Å². The number of carbonyl (C=O) groups is 1. The molecule has 2 nitrogen and oxygen atoms in total. The summed E-state index contributed by atoms with van der Waals surface area (Å²) in [7, 11) is 1.78. The number of likely N-dealkylation sites (N-methyl/N-ethyl adjacent to an activating group) is 1. The third kappa shape index (κ3) is 1.94. The molecule has 0 aliphatic heterocycles. The van der Waals surface area contributed by atoms with E-state index in [1.807, 2.05) is 18.4 Å². The van der Waals surface area contributed by atoms with E-state index in [4.69, 9.17) is 0 Å². The van der Waals surface area contributed by atoms with Gasteiger partial charge < -0.3 is 5.32 Å². The Hall–Kier alpha value is -0.190. The van der Waals surface area contributed by atoms with Crippen LogP contribution in [0.4, 0.5) is 0 Å². The molecule has 0 fully saturated rings. The van der Waals surface area contributed by atoms with E-state index < -0.39 is 0 Å². The lowest BCUT2D eigenvalue weighted by molar-refractivity contribution is 0.0958. The van der Waals surface area contributed by atoms with E-state index in [0.29, 0.717) is 0 Å². The Morgan fingerprint density at radius 1 is 1.75 bits per heavy atom. The average Bonchev–Trinajstić information content (AvgIpc) is 2.48. The van der Waals surface area contributed by atoms with Gasteiger partial charge in [0.2, 0.25) is 0 Å². The van der Waals surface area contributed by atoms with Crippen LogP contribution >= 0.6 is 27.3 Å². The molecular weight excluding hydrogens is 238 g/mol. The molecule has 1 aromatic rings. The number of hydrogen-bond donors (Lipinski definition) is 1. The molecule has 1 N–H and O–H groups in total. The second-order valence-corrected chi connectivity index (χ2v) is 4.24. The molecule has 12 heavy (non-hydrogen) atoms. The minimum Gasteiger partial charge on any atom is -0.310 e. The van der Waals surface area contributed by atoms with E-state index in [2.05, 4.69) is 21.2 Å². The molecule has 4 heteroatoms. The predicted molar refractivity (Wildman–Crippen MR) is 54.9 cm³/mol. The first-order chi connectivity index (χ1) is 5.66. The van der Waals surface area contributed by atoms with Gasteiger partial charge in [0.25, 0.3) is 0 Å². The lowest BCUT2D eigenvalue weighted by atomic mass is 10.2. The summed E-state index contributed by atoms with van der Waals surface area (Å²) in [6.45, 7) is 1.86. The fourth-order valence-corrected chi connectivity index (χ4v) is 2.39. The van der Waals surface area contributed by atoms with E-state index >= 15 is 0 Å². The second-order valence-electron chi connectivity index (χ2n) is 2.47. The maximum atomic E-state index is 11.6. The van der Waals surface area contributed by atoms with Crippen molar-refractivity contribution in [2.75, 3.05) is 7.05 Å². The van der Waals surface area contributed by atoms with Crippen LogP contribution in [0, 0.1) is 0 Å². The lowest BCUT2D eigenvalue weighted by Gasteiger charge is -2.06. The zero-order chi connectivity index (χ0) is 9.14. The molecule has 0 spiro atoms. The summed E-state index contributed by atoms with van der Waals surface area (Å²) in [6, 6.07) is 1.78. The summed E-state index contributed by atoms with van der Waals surface area (Å²) in [4.78, 5) is 12.4. The largest absolute Gasteiger partial charge is 0.310 e. The highest BCUT2D eigenvalue weighted by Crippen LogP contribution is 2.23. The highest BCUT2D eigenvalue weighted by Gasteiger charge is 2.16. The minimum absolute atomic E-state index is 0.111. The average molecular weight is 248 g/mol. The molecule has 1 rings (SSSR count). The van der Waals surface area contributed by atoms with Gasteiger partial charge in [0.15, 0.2) is 5.78 Å². The number of halogens is 1. The van der Waals surface area contributed by atoms with Crippen molar-refractivity contribution in [3.63, 3.8) is 0 Å². The van der Waals surface area contributed by atoms with Gasteiger partial charge in [-0.1, -0.05) is 0 Å². The quantitative estimate of drug-likeness (QED) is 0.831. The maximum absolute atomic E-state index is 11.6. The predicted octanol–water partition coefficient (Wildman–Crippen LogP) is 2.30. The third-order valence-corrected chi connectivity index (χ3v) is 3.52. The fraction of sp³-hybridized carbons (Fsp3) is 0.375. The van der Waals surface area contributed by atoms with Crippen LogP contribution in [0.3, 0.4) is 0 Å². The zero-order valence-electron chi connectivity index (χ0n) is 6.93. The molecule has 1 atom stereocenters. The number of ketones is 1. The summed E-state index contributed by atoms with van der Waals surface area (Å²) in [5, 5.41) is 4.82. The monoisotopic (exact) mass is 247 g/mol. The Kier molecular flexibility index (Phi) is 3.43. The normalized spacial score (nSPS) is 12.9. The van der Waals surface area contributed by atoms with Crippen LogP contribution < -0.4 is 5.32 Å². The van der Waals surface area contributed by atoms with Crippen LogP contribution in [0.25, 0.3) is 0 Å². The van der Waals surface area contributed by atoms with Gasteiger partial charge in [-0.2, -0.15) is 0 Å². The van der Waals surface area contributed by atoms with Crippen LogP contribution in [-0.2, 0) is 0 Å². The maximum Gasteiger partial charge on any atom is 0.190 e. The fourth-order valence-electron chi connectivity index (χ4n) is 0.797. The smallest absolute Gasteiger partial charge is 0.190 e. The molecule has 1 aromatic heterocycles. The summed E-state index contributed by atoms with van der Waals surface area (Å²) in [5.74, 6) is 0.138. The van der Waals surface area contributed by atoms with E-state index in [-0.39, 0.29) is 11.8 Å². The van der Waals surface area contributed by atoms with Crippen LogP contribution in [0.1, 0.15) is 16.6 Å². The van der Waals surface area contributed by atoms with Crippen molar-refractivity contribution in [1.82, 2.24) is 5.32 Å². The zero-order valence-corrected chi connectivity index (χ0v) is 9.33. The van der Waals surface area contributed by atoms with Crippen molar-refractivity contribution < 1.29 is 4.79 Å². The molecule has 0 aromatic carbocycles. The SMILES string of the molecule is CNC(C)C(=O)c1sccc1Br. The molecule has 66 valence electrons. The van der Waals surface area contributed by atoms with Gasteiger partial charge >= 0.3 is 0 Å². The van der Waals surface area contributed by atoms with Gasteiger partial charge in [-0.05, 0) is 41.3 Å². The summed E-state index contributed by atoms with van der Waals surface area (Å²) in [6.07, 6.45) is 0. The third-order valence-electron chi connectivity index (χ3n) is 1.67. The van der Waals surface area contributed by atoms with E-state index in [1.165, 1.54) is 11.3 Å². The molecule has 0 saturated carbocycles. The second kappa shape index (κ2) is 4.16. The first-order valence-electron chi connectivity index (χ1n) is 3.61. The molecule has 0 aliphatic rings. The molecule has 0 amide bonds. The van der Waals surface area contributed by atoms with Crippen LogP contribution in [0.5, 0.6) is 0 Å². The molecule has 1 unspecified atom stereocenters. The van der Waals surface area contributed by atoms with Crippen molar-refractivity contribution in [2.24, 2.45) is 0 Å². The number of carbonyl (C=O) groups excluding carboxylic acids is 1. The Balaban J connectivity index is 2.85. The van der Waals surface area contributed by atoms with Crippen LogP contribution in [0.15, 0.2) is 15.9 Å². The van der Waals surface area contributed by atoms with Crippen LogP contribution in [0.2, 0.25) is 0 Å². The molecule has 0 radical (unpaired) electrons. The van der Waals surface area contributed by atoms with Crippen molar-refractivity contribution in [3.05, 3.63) is 20.8 Å². The number of rotatable bonds is 3. The van der Waals surface area contributed by atoms with Gasteiger partial charge in [0, 0.05) is 4.47 Å². The van der Waals surface area contributed by atoms with Crippen molar-refractivity contribution in [1.29, 1.82) is 0 Å². The van der Waals surface area contributed by atoms with E-state index in [9.17, 15) is 4.79 Å². The first-order valence-corrected chi connectivity index (χ1v) is 5.28. The molecule has 0 bridgehead atoms. The topological polar surface area (TPSA) is 29.1 Å². The summed E-state index contributed by atoms with van der Waals surface area (Å²) >= 11 is 4.79. The van der Waals surface area contributed by atoms with Crippen molar-refractivity contribution >= 4 is 33.0 Å². The number of hydrogen-bond acceptors (Lipinski definition) is 3. The Bertz CT molecular complexity index is 284. The van der Waals surface area contributed by atoms with E-state index in [0.717, 1.165) is 9.35 Å². The van der Waals surface area contributed by atoms with Gasteiger partial charge in [-0.25, -0.2) is 0 Å². The first kappa shape index (κ1) is 9.89. The van der Waals surface area contributed by atoms with Gasteiger partial charge in [-0.3, -0.25) is 4.79 Å². The minimum atomic E-state index is -0.111. The molecule has 0 aliphatic carbocycles. The highest BCUT2D eigenvalue weighted by atomic mass is 79.9.